The molecule has 2 aromatic carbocycles. The smallest absolute Gasteiger partial charge is 0.228 e. The molecule has 4 rings (SSSR count). The second kappa shape index (κ2) is 11.6. The summed E-state index contributed by atoms with van der Waals surface area (Å²) in [6, 6.07) is 18.9. The van der Waals surface area contributed by atoms with Gasteiger partial charge >= 0.3 is 0 Å². The Kier molecular flexibility index (Phi) is 8.49. The van der Waals surface area contributed by atoms with Crippen LogP contribution in [0.3, 0.4) is 0 Å². The lowest BCUT2D eigenvalue weighted by atomic mass is 9.91. The lowest BCUT2D eigenvalue weighted by molar-refractivity contribution is -0.135. The first-order chi connectivity index (χ1) is 17.6. The van der Waals surface area contributed by atoms with Crippen LogP contribution in [0.2, 0.25) is 0 Å². The molecule has 7 nitrogen and oxygen atoms in total. The molecule has 37 heavy (non-hydrogen) atoms. The molecule has 3 aromatic rings. The summed E-state index contributed by atoms with van der Waals surface area (Å²) in [5.41, 5.74) is 2.19. The van der Waals surface area contributed by atoms with Crippen molar-refractivity contribution in [3.05, 3.63) is 83.7 Å². The van der Waals surface area contributed by atoms with Crippen LogP contribution >= 0.6 is 0 Å². The highest BCUT2D eigenvalue weighted by Crippen LogP contribution is 2.25. The van der Waals surface area contributed by atoms with E-state index < -0.39 is 9.84 Å². The van der Waals surface area contributed by atoms with Crippen LogP contribution in [0.1, 0.15) is 56.9 Å². The van der Waals surface area contributed by atoms with Crippen molar-refractivity contribution in [2.75, 3.05) is 13.2 Å². The van der Waals surface area contributed by atoms with Crippen molar-refractivity contribution in [1.82, 2.24) is 14.5 Å². The van der Waals surface area contributed by atoms with E-state index in [0.29, 0.717) is 37.4 Å². The van der Waals surface area contributed by atoms with Crippen molar-refractivity contribution in [3.8, 4) is 0 Å². The minimum atomic E-state index is -3.73. The second-order valence-corrected chi connectivity index (χ2v) is 12.9. The summed E-state index contributed by atoms with van der Waals surface area (Å²) >= 11 is 0. The molecule has 0 unspecified atom stereocenters. The van der Waals surface area contributed by atoms with Crippen molar-refractivity contribution in [2.45, 2.75) is 70.1 Å². The minimum Gasteiger partial charge on any atom is -0.376 e. The molecule has 1 aliphatic rings. The first-order valence-corrected chi connectivity index (χ1v) is 14.5. The van der Waals surface area contributed by atoms with Crippen LogP contribution in [-0.4, -0.2) is 48.0 Å². The molecule has 8 heteroatoms. The van der Waals surface area contributed by atoms with Gasteiger partial charge in [-0.2, -0.15) is 0 Å². The monoisotopic (exact) mass is 523 g/mol. The number of amides is 1. The molecule has 0 radical (unpaired) electrons. The Bertz CT molecular complexity index is 1280. The van der Waals surface area contributed by atoms with Gasteiger partial charge in [0.25, 0.3) is 0 Å². The SMILES string of the molecule is CC(C)(C)CC(=O)N(Cc1cnc(S(=O)(=O)Cc2ccccc2)n1Cc1ccccc1)C[C@H]1CCCO1. The van der Waals surface area contributed by atoms with Crippen LogP contribution in [0.25, 0.3) is 0 Å². The molecule has 1 aliphatic heterocycles. The van der Waals surface area contributed by atoms with Gasteiger partial charge in [-0.15, -0.1) is 0 Å². The van der Waals surface area contributed by atoms with E-state index in [4.69, 9.17) is 4.74 Å². The standard InChI is InChI=1S/C29H37N3O4S/c1-29(2,3)17-27(33)31(21-26-15-10-16-36-26)20-25-18-30-28(32(25)19-23-11-6-4-7-12-23)37(34,35)22-24-13-8-5-9-14-24/h4-9,11-14,18,26H,10,15-17,19-22H2,1-3H3/t26-/m1/s1. The number of hydrogen-bond acceptors (Lipinski definition) is 5. The zero-order chi connectivity index (χ0) is 26.5. The van der Waals surface area contributed by atoms with Crippen LogP contribution in [0.4, 0.5) is 0 Å². The summed E-state index contributed by atoms with van der Waals surface area (Å²) in [6.45, 7) is 7.95. The van der Waals surface area contributed by atoms with E-state index in [1.807, 2.05) is 74.2 Å². The Morgan fingerprint density at radius 2 is 1.70 bits per heavy atom. The van der Waals surface area contributed by atoms with E-state index in [1.165, 1.54) is 0 Å². The number of nitrogens with zero attached hydrogens (tertiary/aromatic N) is 3. The van der Waals surface area contributed by atoms with Gasteiger partial charge in [0.2, 0.25) is 20.9 Å². The quantitative estimate of drug-likeness (QED) is 0.380. The van der Waals surface area contributed by atoms with Gasteiger partial charge in [-0.3, -0.25) is 4.79 Å². The average molecular weight is 524 g/mol. The first-order valence-electron chi connectivity index (χ1n) is 12.9. The zero-order valence-corrected chi connectivity index (χ0v) is 22.8. The molecule has 1 amide bonds. The number of imidazole rings is 1. The van der Waals surface area contributed by atoms with E-state index in [0.717, 1.165) is 18.4 Å². The Labute approximate surface area is 220 Å². The molecule has 198 valence electrons. The summed E-state index contributed by atoms with van der Waals surface area (Å²) in [7, 11) is -3.73. The van der Waals surface area contributed by atoms with Crippen molar-refractivity contribution in [3.63, 3.8) is 0 Å². The molecular formula is C29H37N3O4S. The zero-order valence-electron chi connectivity index (χ0n) is 22.0. The fraction of sp³-hybridized carbons (Fsp3) is 0.448. The number of rotatable bonds is 10. The molecule has 1 fully saturated rings. The minimum absolute atomic E-state index is 0.00398. The van der Waals surface area contributed by atoms with Gasteiger partial charge in [0.05, 0.1) is 36.8 Å². The fourth-order valence-corrected chi connectivity index (χ4v) is 6.10. The predicted molar refractivity (Wildman–Crippen MR) is 144 cm³/mol. The number of aromatic nitrogens is 2. The summed E-state index contributed by atoms with van der Waals surface area (Å²) in [5, 5.41) is 0.0237. The Morgan fingerprint density at radius 1 is 1.05 bits per heavy atom. The van der Waals surface area contributed by atoms with Crippen LogP contribution in [0.15, 0.2) is 72.0 Å². The highest BCUT2D eigenvalue weighted by molar-refractivity contribution is 7.90. The molecule has 0 bridgehead atoms. The number of ether oxygens (including phenoxy) is 1. The number of carbonyl (C=O) groups excluding carboxylic acids is 1. The normalized spacial score (nSPS) is 16.1. The topological polar surface area (TPSA) is 81.5 Å². The maximum absolute atomic E-state index is 13.5. The van der Waals surface area contributed by atoms with Crippen molar-refractivity contribution in [1.29, 1.82) is 0 Å². The van der Waals surface area contributed by atoms with Crippen LogP contribution < -0.4 is 0 Å². The molecule has 1 saturated heterocycles. The van der Waals surface area contributed by atoms with Gasteiger partial charge in [-0.1, -0.05) is 81.4 Å². The predicted octanol–water partition coefficient (Wildman–Crippen LogP) is 4.85. The van der Waals surface area contributed by atoms with Gasteiger partial charge in [0.15, 0.2) is 0 Å². The third kappa shape index (κ3) is 7.52. The lowest BCUT2D eigenvalue weighted by Gasteiger charge is -2.29. The first kappa shape index (κ1) is 27.1. The van der Waals surface area contributed by atoms with Crippen molar-refractivity contribution >= 4 is 15.7 Å². The molecule has 0 saturated carbocycles. The van der Waals surface area contributed by atoms with Gasteiger partial charge < -0.3 is 14.2 Å². The summed E-state index contributed by atoms with van der Waals surface area (Å²) in [5.74, 6) is -0.106. The molecule has 1 atom stereocenters. The maximum Gasteiger partial charge on any atom is 0.228 e. The molecule has 1 aromatic heterocycles. The molecule has 0 aliphatic carbocycles. The van der Waals surface area contributed by atoms with Gasteiger partial charge in [0.1, 0.15) is 0 Å². The van der Waals surface area contributed by atoms with Gasteiger partial charge in [-0.25, -0.2) is 13.4 Å². The molecule has 0 N–H and O–H groups in total. The summed E-state index contributed by atoms with van der Waals surface area (Å²) < 4.78 is 34.6. The third-order valence-corrected chi connectivity index (χ3v) is 7.99. The van der Waals surface area contributed by atoms with E-state index in [2.05, 4.69) is 4.98 Å². The van der Waals surface area contributed by atoms with Crippen molar-refractivity contribution in [2.24, 2.45) is 5.41 Å². The van der Waals surface area contributed by atoms with Gasteiger partial charge in [0, 0.05) is 19.6 Å². The third-order valence-electron chi connectivity index (χ3n) is 6.40. The highest BCUT2D eigenvalue weighted by Gasteiger charge is 2.29. The average Bonchev–Trinajstić information content (AvgIpc) is 3.49. The number of carbonyl (C=O) groups is 1. The fourth-order valence-electron chi connectivity index (χ4n) is 4.61. The Hall–Kier alpha value is -2.97. The molecule has 2 heterocycles. The summed E-state index contributed by atoms with van der Waals surface area (Å²) in [6.07, 6.45) is 3.90. The van der Waals surface area contributed by atoms with Crippen LogP contribution in [0, 0.1) is 5.41 Å². The van der Waals surface area contributed by atoms with E-state index >= 15 is 0 Å². The summed E-state index contributed by atoms with van der Waals surface area (Å²) in [4.78, 5) is 19.6. The van der Waals surface area contributed by atoms with E-state index in [9.17, 15) is 13.2 Å². The van der Waals surface area contributed by atoms with Crippen molar-refractivity contribution < 1.29 is 17.9 Å². The number of hydrogen-bond donors (Lipinski definition) is 0. The molecular weight excluding hydrogens is 486 g/mol. The molecule has 0 spiro atoms. The van der Waals surface area contributed by atoms with E-state index in [1.54, 1.807) is 22.9 Å². The Morgan fingerprint density at radius 3 is 2.30 bits per heavy atom. The number of sulfone groups is 1. The maximum atomic E-state index is 13.5. The van der Waals surface area contributed by atoms with Crippen LogP contribution in [-0.2, 0) is 38.2 Å². The largest absolute Gasteiger partial charge is 0.376 e. The lowest BCUT2D eigenvalue weighted by Crippen LogP contribution is -2.39. The van der Waals surface area contributed by atoms with Gasteiger partial charge in [-0.05, 0) is 29.4 Å². The highest BCUT2D eigenvalue weighted by atomic mass is 32.2. The second-order valence-electron chi connectivity index (χ2n) is 11.0. The number of benzene rings is 2. The Balaban J connectivity index is 1.68. The van der Waals surface area contributed by atoms with Crippen LogP contribution in [0.5, 0.6) is 0 Å². The van der Waals surface area contributed by atoms with E-state index in [-0.39, 0.29) is 34.9 Å².